The molecule has 1 fully saturated rings. The molecule has 0 bridgehead atoms. The monoisotopic (exact) mass is 304 g/mol. The number of carbonyl (C=O) groups is 2. The molecule has 5 heteroatoms. The van der Waals surface area contributed by atoms with Crippen LogP contribution in [0.3, 0.4) is 0 Å². The largest absolute Gasteiger partial charge is 0.349 e. The van der Waals surface area contributed by atoms with Gasteiger partial charge in [0.05, 0.1) is 4.32 Å². The lowest BCUT2D eigenvalue weighted by molar-refractivity contribution is -0.139. The summed E-state index contributed by atoms with van der Waals surface area (Å²) in [5.74, 6) is 0.357. The average Bonchev–Trinajstić information content (AvgIpc) is 2.26. The Labute approximate surface area is 111 Å². The molecule has 0 saturated carbocycles. The van der Waals surface area contributed by atoms with Crippen LogP contribution >= 0.6 is 15.9 Å². The van der Waals surface area contributed by atoms with Crippen molar-refractivity contribution in [1.29, 1.82) is 0 Å². The summed E-state index contributed by atoms with van der Waals surface area (Å²) in [5.41, 5.74) is 0. The first-order valence-electron chi connectivity index (χ1n) is 5.93. The molecule has 98 valence electrons. The second-order valence-corrected chi connectivity index (χ2v) is 7.25. The third kappa shape index (κ3) is 3.69. The summed E-state index contributed by atoms with van der Waals surface area (Å²) in [4.78, 5) is 27.3. The van der Waals surface area contributed by atoms with Gasteiger partial charge < -0.3 is 9.80 Å². The molecule has 0 aromatic carbocycles. The molecule has 0 N–H and O–H groups in total. The molecule has 1 heterocycles. The molecular weight excluding hydrogens is 284 g/mol. The Bertz CT molecular complexity index is 302. The number of hydrogen-bond donors (Lipinski definition) is 0. The van der Waals surface area contributed by atoms with E-state index >= 15 is 0 Å². The zero-order valence-electron chi connectivity index (χ0n) is 11.0. The van der Waals surface area contributed by atoms with Crippen LogP contribution in [-0.2, 0) is 9.59 Å². The van der Waals surface area contributed by atoms with Crippen molar-refractivity contribution in [2.75, 3.05) is 27.2 Å². The highest BCUT2D eigenvalue weighted by atomic mass is 79.9. The smallest absolute Gasteiger partial charge is 0.238 e. The molecule has 1 aliphatic heterocycles. The third-order valence-electron chi connectivity index (χ3n) is 3.08. The molecule has 1 rings (SSSR count). The molecule has 0 aromatic heterocycles. The lowest BCUT2D eigenvalue weighted by Gasteiger charge is -2.35. The van der Waals surface area contributed by atoms with E-state index in [2.05, 4.69) is 15.9 Å². The molecule has 0 aliphatic carbocycles. The third-order valence-corrected chi connectivity index (χ3v) is 3.42. The van der Waals surface area contributed by atoms with Crippen molar-refractivity contribution in [3.8, 4) is 0 Å². The highest BCUT2D eigenvalue weighted by Gasteiger charge is 2.33. The van der Waals surface area contributed by atoms with Crippen molar-refractivity contribution >= 4 is 27.7 Å². The zero-order chi connectivity index (χ0) is 13.2. The minimum absolute atomic E-state index is 0.0764. The van der Waals surface area contributed by atoms with Gasteiger partial charge in [-0.1, -0.05) is 15.9 Å². The molecule has 1 saturated heterocycles. The van der Waals surface area contributed by atoms with E-state index in [1.54, 1.807) is 19.0 Å². The molecule has 1 aliphatic rings. The minimum atomic E-state index is -0.509. The van der Waals surface area contributed by atoms with Gasteiger partial charge in [0, 0.05) is 33.1 Å². The quantitative estimate of drug-likeness (QED) is 0.725. The second kappa shape index (κ2) is 5.38. The van der Waals surface area contributed by atoms with E-state index in [1.165, 1.54) is 0 Å². The number of likely N-dealkylation sites (tertiary alicyclic amines) is 1. The number of hydrogen-bond acceptors (Lipinski definition) is 2. The molecule has 0 atom stereocenters. The summed E-state index contributed by atoms with van der Waals surface area (Å²) in [6, 6.07) is 0. The number of carbonyl (C=O) groups excluding carboxylic acids is 2. The fourth-order valence-electron chi connectivity index (χ4n) is 2.07. The summed E-state index contributed by atoms with van der Waals surface area (Å²) in [6.45, 7) is 5.06. The Kier molecular flexibility index (Phi) is 4.58. The van der Waals surface area contributed by atoms with Crippen molar-refractivity contribution < 1.29 is 9.59 Å². The molecule has 0 radical (unpaired) electrons. The first-order chi connectivity index (χ1) is 7.73. The molecule has 2 amide bonds. The minimum Gasteiger partial charge on any atom is -0.349 e. The van der Waals surface area contributed by atoms with Crippen LogP contribution in [0.4, 0.5) is 0 Å². The summed E-state index contributed by atoms with van der Waals surface area (Å²) in [5, 5.41) is 0. The summed E-state index contributed by atoms with van der Waals surface area (Å²) < 4.78 is -0.509. The Hall–Kier alpha value is -0.580. The van der Waals surface area contributed by atoms with Crippen molar-refractivity contribution in [3.63, 3.8) is 0 Å². The SMILES string of the molecule is CN(C)C(=O)C1CCN(C(=O)C(C)(C)Br)CC1. The maximum absolute atomic E-state index is 12.0. The average molecular weight is 305 g/mol. The van der Waals surface area contributed by atoms with Crippen LogP contribution < -0.4 is 0 Å². The van der Waals surface area contributed by atoms with Gasteiger partial charge in [0.15, 0.2) is 0 Å². The van der Waals surface area contributed by atoms with Gasteiger partial charge in [-0.25, -0.2) is 0 Å². The maximum Gasteiger partial charge on any atom is 0.238 e. The van der Waals surface area contributed by atoms with Crippen LogP contribution in [0.2, 0.25) is 0 Å². The number of rotatable bonds is 2. The number of halogens is 1. The van der Waals surface area contributed by atoms with Crippen LogP contribution in [-0.4, -0.2) is 53.1 Å². The van der Waals surface area contributed by atoms with E-state index in [0.29, 0.717) is 13.1 Å². The van der Waals surface area contributed by atoms with Gasteiger partial charge in [0.2, 0.25) is 11.8 Å². The normalized spacial score (nSPS) is 18.1. The van der Waals surface area contributed by atoms with Gasteiger partial charge in [0.1, 0.15) is 0 Å². The standard InChI is InChI=1S/C12H21BrN2O2/c1-12(2,13)11(17)15-7-5-9(6-8-15)10(16)14(3)4/h9H,5-8H2,1-4H3. The lowest BCUT2D eigenvalue weighted by atomic mass is 9.95. The first-order valence-corrected chi connectivity index (χ1v) is 6.72. The highest BCUT2D eigenvalue weighted by molar-refractivity contribution is 9.10. The van der Waals surface area contributed by atoms with Crippen LogP contribution in [0.5, 0.6) is 0 Å². The number of amides is 2. The van der Waals surface area contributed by atoms with Gasteiger partial charge in [-0.05, 0) is 26.7 Å². The second-order valence-electron chi connectivity index (χ2n) is 5.27. The fourth-order valence-corrected chi connectivity index (χ4v) is 2.32. The molecular formula is C12H21BrN2O2. The van der Waals surface area contributed by atoms with Gasteiger partial charge >= 0.3 is 0 Å². The molecule has 17 heavy (non-hydrogen) atoms. The number of alkyl halides is 1. The van der Waals surface area contributed by atoms with Crippen molar-refractivity contribution in [3.05, 3.63) is 0 Å². The maximum atomic E-state index is 12.0. The van der Waals surface area contributed by atoms with Gasteiger partial charge in [0.25, 0.3) is 0 Å². The Morgan fingerprint density at radius 3 is 2.06 bits per heavy atom. The molecule has 0 aromatic rings. The van der Waals surface area contributed by atoms with Crippen LogP contribution in [0.15, 0.2) is 0 Å². The predicted octanol–water partition coefficient (Wildman–Crippen LogP) is 1.49. The first kappa shape index (κ1) is 14.5. The zero-order valence-corrected chi connectivity index (χ0v) is 12.6. The number of nitrogens with zero attached hydrogens (tertiary/aromatic N) is 2. The van der Waals surface area contributed by atoms with E-state index in [4.69, 9.17) is 0 Å². The topological polar surface area (TPSA) is 40.6 Å². The van der Waals surface area contributed by atoms with Gasteiger partial charge in [-0.2, -0.15) is 0 Å². The lowest BCUT2D eigenvalue weighted by Crippen LogP contribution is -2.47. The predicted molar refractivity (Wildman–Crippen MR) is 71.0 cm³/mol. The van der Waals surface area contributed by atoms with Gasteiger partial charge in [-0.3, -0.25) is 9.59 Å². The fraction of sp³-hybridized carbons (Fsp3) is 0.833. The Balaban J connectivity index is 2.52. The summed E-state index contributed by atoms with van der Waals surface area (Å²) in [6.07, 6.45) is 1.54. The van der Waals surface area contributed by atoms with E-state index in [0.717, 1.165) is 12.8 Å². The van der Waals surface area contributed by atoms with Crippen molar-refractivity contribution in [2.24, 2.45) is 5.92 Å². The van der Waals surface area contributed by atoms with Crippen LogP contribution in [0.1, 0.15) is 26.7 Å². The van der Waals surface area contributed by atoms with Crippen molar-refractivity contribution in [2.45, 2.75) is 31.0 Å². The molecule has 0 unspecified atom stereocenters. The van der Waals surface area contributed by atoms with E-state index in [-0.39, 0.29) is 17.7 Å². The molecule has 0 spiro atoms. The van der Waals surface area contributed by atoms with Crippen LogP contribution in [0, 0.1) is 5.92 Å². The Morgan fingerprint density at radius 2 is 1.71 bits per heavy atom. The van der Waals surface area contributed by atoms with Crippen LogP contribution in [0.25, 0.3) is 0 Å². The summed E-state index contributed by atoms with van der Waals surface area (Å²) in [7, 11) is 3.56. The summed E-state index contributed by atoms with van der Waals surface area (Å²) >= 11 is 3.38. The van der Waals surface area contributed by atoms with Crippen molar-refractivity contribution in [1.82, 2.24) is 9.80 Å². The number of piperidine rings is 1. The highest BCUT2D eigenvalue weighted by Crippen LogP contribution is 2.24. The van der Waals surface area contributed by atoms with E-state index in [9.17, 15) is 9.59 Å². The van der Waals surface area contributed by atoms with E-state index in [1.807, 2.05) is 18.7 Å². The molecule has 4 nitrogen and oxygen atoms in total. The Morgan fingerprint density at radius 1 is 1.24 bits per heavy atom. The van der Waals surface area contributed by atoms with E-state index < -0.39 is 4.32 Å². The van der Waals surface area contributed by atoms with Gasteiger partial charge in [-0.15, -0.1) is 0 Å².